The Kier molecular flexibility index (Phi) is 4.97. The number of methoxy groups -OCH3 is 2. The number of ether oxygens (including phenoxy) is 2. The topological polar surface area (TPSA) is 30.5 Å². The first kappa shape index (κ1) is 14.0. The monoisotopic (exact) mass is 237 g/mol. The molecule has 0 fully saturated rings. The molecule has 1 rings (SSSR count). The van der Waals surface area contributed by atoms with E-state index < -0.39 is 0 Å². The van der Waals surface area contributed by atoms with Crippen LogP contribution in [0.15, 0.2) is 12.1 Å². The van der Waals surface area contributed by atoms with E-state index in [1.54, 1.807) is 14.2 Å². The Bertz CT molecular complexity index is 377. The summed E-state index contributed by atoms with van der Waals surface area (Å²) in [5.74, 6) is 0.922. The van der Waals surface area contributed by atoms with Gasteiger partial charge in [-0.2, -0.15) is 0 Å². The van der Waals surface area contributed by atoms with Gasteiger partial charge in [-0.3, -0.25) is 0 Å². The summed E-state index contributed by atoms with van der Waals surface area (Å²) in [6.45, 7) is 6.24. The van der Waals surface area contributed by atoms with Gasteiger partial charge in [0.05, 0.1) is 19.3 Å². The molecule has 1 aromatic rings. The molecule has 3 nitrogen and oxygen atoms in total. The Morgan fingerprint density at radius 3 is 2.29 bits per heavy atom. The average molecular weight is 237 g/mol. The summed E-state index contributed by atoms with van der Waals surface area (Å²) >= 11 is 0. The third-order valence-corrected chi connectivity index (χ3v) is 3.18. The molecule has 1 aromatic carbocycles. The fourth-order valence-corrected chi connectivity index (χ4v) is 2.26. The van der Waals surface area contributed by atoms with Crippen LogP contribution in [0.2, 0.25) is 0 Å². The average Bonchev–Trinajstić information content (AvgIpc) is 2.31. The molecule has 0 amide bonds. The van der Waals surface area contributed by atoms with Gasteiger partial charge in [0.1, 0.15) is 5.75 Å². The molecule has 0 saturated heterocycles. The molecule has 96 valence electrons. The van der Waals surface area contributed by atoms with Crippen molar-refractivity contribution in [1.29, 1.82) is 0 Å². The van der Waals surface area contributed by atoms with E-state index >= 15 is 0 Å². The molecular weight excluding hydrogens is 214 g/mol. The molecule has 0 aromatic heterocycles. The highest BCUT2D eigenvalue weighted by molar-refractivity contribution is 5.45. The van der Waals surface area contributed by atoms with Crippen LogP contribution in [-0.4, -0.2) is 27.4 Å². The van der Waals surface area contributed by atoms with Gasteiger partial charge in [-0.05, 0) is 45.0 Å². The second-order valence-corrected chi connectivity index (χ2v) is 4.40. The minimum absolute atomic E-state index is 0.0929. The van der Waals surface area contributed by atoms with Gasteiger partial charge in [0.15, 0.2) is 0 Å². The second kappa shape index (κ2) is 6.03. The van der Waals surface area contributed by atoms with Gasteiger partial charge in [-0.25, -0.2) is 0 Å². The van der Waals surface area contributed by atoms with E-state index in [1.807, 2.05) is 7.05 Å². The van der Waals surface area contributed by atoms with Crippen molar-refractivity contribution in [2.75, 3.05) is 21.3 Å². The van der Waals surface area contributed by atoms with Crippen LogP contribution in [0.25, 0.3) is 0 Å². The van der Waals surface area contributed by atoms with E-state index in [4.69, 9.17) is 9.47 Å². The molecule has 0 aliphatic carbocycles. The Morgan fingerprint density at radius 2 is 1.82 bits per heavy atom. The van der Waals surface area contributed by atoms with Crippen molar-refractivity contribution in [3.05, 3.63) is 28.8 Å². The summed E-state index contributed by atoms with van der Waals surface area (Å²) < 4.78 is 10.9. The highest BCUT2D eigenvalue weighted by atomic mass is 16.5. The minimum Gasteiger partial charge on any atom is -0.496 e. The van der Waals surface area contributed by atoms with E-state index in [2.05, 4.69) is 38.2 Å². The predicted octanol–water partition coefficient (Wildman–Crippen LogP) is 2.61. The van der Waals surface area contributed by atoms with Gasteiger partial charge < -0.3 is 14.8 Å². The second-order valence-electron chi connectivity index (χ2n) is 4.40. The lowest BCUT2D eigenvalue weighted by molar-refractivity contribution is 0.0845. The first-order chi connectivity index (χ1) is 8.04. The van der Waals surface area contributed by atoms with Crippen molar-refractivity contribution in [2.45, 2.75) is 32.9 Å². The van der Waals surface area contributed by atoms with Crippen LogP contribution in [0.5, 0.6) is 5.75 Å². The molecule has 17 heavy (non-hydrogen) atoms. The zero-order chi connectivity index (χ0) is 13.0. The fourth-order valence-electron chi connectivity index (χ4n) is 2.26. The first-order valence-corrected chi connectivity index (χ1v) is 5.90. The maximum absolute atomic E-state index is 5.49. The molecule has 3 heteroatoms. The molecule has 0 spiro atoms. The number of benzene rings is 1. The van der Waals surface area contributed by atoms with Gasteiger partial charge in [-0.1, -0.05) is 6.07 Å². The molecule has 1 N–H and O–H groups in total. The summed E-state index contributed by atoms with van der Waals surface area (Å²) in [7, 11) is 5.38. The third-order valence-electron chi connectivity index (χ3n) is 3.18. The standard InChI is InChI=1S/C14H23NO2/c1-9-7-10(2)13(12(8-9)17-6)14(15-4)11(3)16-5/h7-8,11,14-15H,1-6H3. The maximum Gasteiger partial charge on any atom is 0.124 e. The van der Waals surface area contributed by atoms with Gasteiger partial charge in [0.25, 0.3) is 0 Å². The van der Waals surface area contributed by atoms with Crippen LogP contribution in [0.1, 0.15) is 29.7 Å². The summed E-state index contributed by atoms with van der Waals surface area (Å²) in [4.78, 5) is 0. The SMILES string of the molecule is CNC(c1c(C)cc(C)cc1OC)C(C)OC. The molecule has 0 heterocycles. The molecule has 2 unspecified atom stereocenters. The number of hydrogen-bond acceptors (Lipinski definition) is 3. The van der Waals surface area contributed by atoms with Crippen molar-refractivity contribution in [1.82, 2.24) is 5.32 Å². The lowest BCUT2D eigenvalue weighted by Crippen LogP contribution is -2.29. The van der Waals surface area contributed by atoms with Crippen molar-refractivity contribution in [2.24, 2.45) is 0 Å². The molecule has 0 radical (unpaired) electrons. The fraction of sp³-hybridized carbons (Fsp3) is 0.571. The van der Waals surface area contributed by atoms with Gasteiger partial charge in [0.2, 0.25) is 0 Å². The van der Waals surface area contributed by atoms with Crippen molar-refractivity contribution >= 4 is 0 Å². The van der Waals surface area contributed by atoms with E-state index in [9.17, 15) is 0 Å². The van der Waals surface area contributed by atoms with Gasteiger partial charge in [-0.15, -0.1) is 0 Å². The van der Waals surface area contributed by atoms with Crippen molar-refractivity contribution in [3.63, 3.8) is 0 Å². The number of nitrogens with one attached hydrogen (secondary N) is 1. The summed E-state index contributed by atoms with van der Waals surface area (Å²) in [5, 5.41) is 3.30. The van der Waals surface area contributed by atoms with Crippen molar-refractivity contribution in [3.8, 4) is 5.75 Å². The highest BCUT2D eigenvalue weighted by Gasteiger charge is 2.22. The van der Waals surface area contributed by atoms with Gasteiger partial charge >= 0.3 is 0 Å². The summed E-state index contributed by atoms with van der Waals surface area (Å²) in [6, 6.07) is 4.37. The van der Waals surface area contributed by atoms with E-state index in [0.717, 1.165) is 5.75 Å². The summed E-state index contributed by atoms with van der Waals surface area (Å²) in [5.41, 5.74) is 3.61. The highest BCUT2D eigenvalue weighted by Crippen LogP contribution is 2.32. The normalized spacial score (nSPS) is 14.5. The molecule has 2 atom stereocenters. The molecule has 0 bridgehead atoms. The molecular formula is C14H23NO2. The number of rotatable bonds is 5. The van der Waals surface area contributed by atoms with E-state index in [-0.39, 0.29) is 12.1 Å². The molecule has 0 aliphatic rings. The Hall–Kier alpha value is -1.06. The zero-order valence-electron chi connectivity index (χ0n) is 11.6. The third kappa shape index (κ3) is 2.99. The van der Waals surface area contributed by atoms with Crippen molar-refractivity contribution < 1.29 is 9.47 Å². The smallest absolute Gasteiger partial charge is 0.124 e. The Balaban J connectivity index is 3.26. The molecule has 0 aliphatic heterocycles. The van der Waals surface area contributed by atoms with Crippen LogP contribution in [0, 0.1) is 13.8 Å². The van der Waals surface area contributed by atoms with Crippen LogP contribution < -0.4 is 10.1 Å². The van der Waals surface area contributed by atoms with Crippen LogP contribution in [0.3, 0.4) is 0 Å². The Morgan fingerprint density at radius 1 is 1.18 bits per heavy atom. The van der Waals surface area contributed by atoms with Crippen LogP contribution in [-0.2, 0) is 4.74 Å². The number of likely N-dealkylation sites (N-methyl/N-ethyl adjacent to an activating group) is 1. The van der Waals surface area contributed by atoms with Gasteiger partial charge in [0, 0.05) is 12.7 Å². The van der Waals surface area contributed by atoms with Crippen LogP contribution in [0.4, 0.5) is 0 Å². The largest absolute Gasteiger partial charge is 0.496 e. The number of aryl methyl sites for hydroxylation is 2. The quantitative estimate of drug-likeness (QED) is 0.854. The van der Waals surface area contributed by atoms with E-state index in [0.29, 0.717) is 0 Å². The minimum atomic E-state index is 0.0929. The first-order valence-electron chi connectivity index (χ1n) is 5.90. The van der Waals surface area contributed by atoms with E-state index in [1.165, 1.54) is 16.7 Å². The predicted molar refractivity (Wildman–Crippen MR) is 70.7 cm³/mol. The maximum atomic E-state index is 5.49. The lowest BCUT2D eigenvalue weighted by Gasteiger charge is -2.26. The Labute approximate surface area is 104 Å². The summed E-state index contributed by atoms with van der Waals surface area (Å²) in [6.07, 6.45) is 0.0929. The van der Waals surface area contributed by atoms with Crippen LogP contribution >= 0.6 is 0 Å². The number of hydrogen-bond donors (Lipinski definition) is 1. The lowest BCUT2D eigenvalue weighted by atomic mass is 9.95. The zero-order valence-corrected chi connectivity index (χ0v) is 11.6. The molecule has 0 saturated carbocycles.